The number of nitro groups is 3. The number of carbonyl (C=O) groups excluding carboxylic acids is 2. The molecule has 0 unspecified atom stereocenters. The van der Waals surface area contributed by atoms with Crippen LogP contribution in [-0.4, -0.2) is 57.3 Å². The molecule has 16 nitrogen and oxygen atoms in total. The number of non-ortho nitro benzene ring substituents is 1. The molecule has 29 heavy (non-hydrogen) atoms. The van der Waals surface area contributed by atoms with E-state index in [0.29, 0.717) is 12.1 Å². The Balaban J connectivity index is 2.78. The van der Waals surface area contributed by atoms with E-state index in [-0.39, 0.29) is 13.0 Å². The number of nitro benzene ring substituents is 3. The number of anilines is 1. The highest BCUT2D eigenvalue weighted by atomic mass is 16.6. The molecule has 0 saturated carbocycles. The van der Waals surface area contributed by atoms with E-state index in [9.17, 15) is 44.7 Å². The molecule has 0 aliphatic heterocycles. The van der Waals surface area contributed by atoms with Crippen LogP contribution in [0.15, 0.2) is 12.1 Å². The fraction of sp³-hybridized carbons (Fsp3) is 0.308. The number of rotatable bonds is 11. The molecule has 16 heteroatoms. The molecule has 1 rings (SSSR count). The number of hydrogen-bond acceptors (Lipinski definition) is 10. The summed E-state index contributed by atoms with van der Waals surface area (Å²) in [7, 11) is 0. The van der Waals surface area contributed by atoms with Crippen LogP contribution in [0.1, 0.15) is 6.42 Å². The van der Waals surface area contributed by atoms with E-state index in [4.69, 9.17) is 5.11 Å². The summed E-state index contributed by atoms with van der Waals surface area (Å²) in [6.45, 7) is -1.49. The highest BCUT2D eigenvalue weighted by Crippen LogP contribution is 2.38. The van der Waals surface area contributed by atoms with Gasteiger partial charge in [-0.25, -0.2) is 0 Å². The van der Waals surface area contributed by atoms with Crippen LogP contribution in [0.2, 0.25) is 0 Å². The van der Waals surface area contributed by atoms with Crippen molar-refractivity contribution in [3.63, 3.8) is 0 Å². The third kappa shape index (κ3) is 7.04. The third-order valence-electron chi connectivity index (χ3n) is 3.22. The van der Waals surface area contributed by atoms with Gasteiger partial charge in [-0.3, -0.25) is 44.7 Å². The first-order valence-corrected chi connectivity index (χ1v) is 7.63. The number of nitrogens with zero attached hydrogens (tertiary/aromatic N) is 3. The van der Waals surface area contributed by atoms with Crippen molar-refractivity contribution in [3.8, 4) is 0 Å². The fourth-order valence-corrected chi connectivity index (χ4v) is 1.98. The molecule has 0 aliphatic rings. The van der Waals surface area contributed by atoms with Gasteiger partial charge in [0.1, 0.15) is 6.54 Å². The van der Waals surface area contributed by atoms with Gasteiger partial charge in [-0.05, 0) is 0 Å². The molecule has 1 aromatic carbocycles. The lowest BCUT2D eigenvalue weighted by Gasteiger charge is -2.08. The maximum absolute atomic E-state index is 11.7. The molecule has 0 radical (unpaired) electrons. The van der Waals surface area contributed by atoms with Crippen LogP contribution in [0.4, 0.5) is 22.7 Å². The molecule has 0 aromatic heterocycles. The van der Waals surface area contributed by atoms with Gasteiger partial charge < -0.3 is 21.1 Å². The molecule has 4 N–H and O–H groups in total. The molecule has 0 spiro atoms. The highest BCUT2D eigenvalue weighted by molar-refractivity contribution is 5.87. The van der Waals surface area contributed by atoms with Crippen LogP contribution < -0.4 is 16.0 Å². The van der Waals surface area contributed by atoms with Crippen molar-refractivity contribution in [1.82, 2.24) is 10.6 Å². The second kappa shape index (κ2) is 10.1. The van der Waals surface area contributed by atoms with Gasteiger partial charge in [-0.15, -0.1) is 0 Å². The van der Waals surface area contributed by atoms with Gasteiger partial charge in [0.2, 0.25) is 11.8 Å². The normalized spacial score (nSPS) is 9.93. The molecule has 156 valence electrons. The van der Waals surface area contributed by atoms with Gasteiger partial charge in [0.15, 0.2) is 5.69 Å². The molecule has 0 fully saturated rings. The number of carboxylic acids is 1. The van der Waals surface area contributed by atoms with Gasteiger partial charge in [0.25, 0.3) is 5.69 Å². The Morgan fingerprint density at radius 1 is 0.862 bits per heavy atom. The Morgan fingerprint density at radius 3 is 1.83 bits per heavy atom. The van der Waals surface area contributed by atoms with Crippen molar-refractivity contribution in [2.24, 2.45) is 0 Å². The topological polar surface area (TPSA) is 237 Å². The van der Waals surface area contributed by atoms with Crippen molar-refractivity contribution in [3.05, 3.63) is 42.5 Å². The average molecular weight is 414 g/mol. The van der Waals surface area contributed by atoms with E-state index < -0.39 is 68.4 Å². The van der Waals surface area contributed by atoms with Crippen LogP contribution in [0.3, 0.4) is 0 Å². The van der Waals surface area contributed by atoms with E-state index in [0.717, 1.165) is 0 Å². The van der Waals surface area contributed by atoms with Gasteiger partial charge >= 0.3 is 17.3 Å². The van der Waals surface area contributed by atoms with Crippen molar-refractivity contribution in [2.75, 3.05) is 25.0 Å². The number of benzene rings is 1. The second-order valence-corrected chi connectivity index (χ2v) is 5.25. The molecule has 0 aliphatic carbocycles. The maximum Gasteiger partial charge on any atom is 0.322 e. The van der Waals surface area contributed by atoms with Gasteiger partial charge in [-0.2, -0.15) is 0 Å². The first-order valence-electron chi connectivity index (χ1n) is 7.63. The predicted octanol–water partition coefficient (Wildman–Crippen LogP) is -0.470. The molecule has 1 aromatic rings. The summed E-state index contributed by atoms with van der Waals surface area (Å²) < 4.78 is 0. The van der Waals surface area contributed by atoms with E-state index in [1.807, 2.05) is 5.32 Å². The zero-order valence-electron chi connectivity index (χ0n) is 14.4. The molecule has 0 atom stereocenters. The Kier molecular flexibility index (Phi) is 7.89. The van der Waals surface area contributed by atoms with Crippen LogP contribution in [-0.2, 0) is 14.4 Å². The number of aliphatic carboxylic acids is 1. The van der Waals surface area contributed by atoms with Gasteiger partial charge in [0, 0.05) is 13.0 Å². The summed E-state index contributed by atoms with van der Waals surface area (Å²) in [4.78, 5) is 63.1. The van der Waals surface area contributed by atoms with Crippen LogP contribution in [0, 0.1) is 30.3 Å². The van der Waals surface area contributed by atoms with Crippen LogP contribution in [0.5, 0.6) is 0 Å². The zero-order valence-corrected chi connectivity index (χ0v) is 14.4. The standard InChI is InChI=1S/C13H14N6O10/c20-10(15-5-11(21)16-6-12(22)23)1-2-14-13-8(18(26)27)3-7(17(24)25)4-9(13)19(28)29/h3-4,14H,1-2,5-6H2,(H,15,20)(H,16,21)(H,22,23). The third-order valence-corrected chi connectivity index (χ3v) is 3.22. The minimum absolute atomic E-state index is 0.331. The summed E-state index contributed by atoms with van der Waals surface area (Å²) >= 11 is 0. The first-order chi connectivity index (χ1) is 13.5. The number of carboxylic acid groups (broad SMARTS) is 1. The van der Waals surface area contributed by atoms with Crippen molar-refractivity contribution in [1.29, 1.82) is 0 Å². The largest absolute Gasteiger partial charge is 0.480 e. The smallest absolute Gasteiger partial charge is 0.322 e. The quantitative estimate of drug-likeness (QED) is 0.266. The van der Waals surface area contributed by atoms with E-state index in [1.54, 1.807) is 0 Å². The lowest BCUT2D eigenvalue weighted by Crippen LogP contribution is -2.39. The Labute approximate surface area is 160 Å². The molecule has 0 bridgehead atoms. The summed E-state index contributed by atoms with van der Waals surface area (Å²) in [5.41, 5.74) is -3.30. The minimum Gasteiger partial charge on any atom is -0.480 e. The van der Waals surface area contributed by atoms with E-state index >= 15 is 0 Å². The first kappa shape index (κ1) is 22.7. The molecule has 0 heterocycles. The SMILES string of the molecule is O=C(O)CNC(=O)CNC(=O)CCNc1c([N+](=O)[O-])cc([N+](=O)[O-])cc1[N+](=O)[O-]. The Morgan fingerprint density at radius 2 is 1.38 bits per heavy atom. The van der Waals surface area contributed by atoms with Crippen molar-refractivity contribution >= 4 is 40.5 Å². The zero-order chi connectivity index (χ0) is 22.1. The van der Waals surface area contributed by atoms with Gasteiger partial charge in [-0.1, -0.05) is 0 Å². The average Bonchev–Trinajstić information content (AvgIpc) is 2.63. The Hall–Kier alpha value is -4.37. The fourth-order valence-electron chi connectivity index (χ4n) is 1.98. The predicted molar refractivity (Wildman–Crippen MR) is 93.2 cm³/mol. The lowest BCUT2D eigenvalue weighted by molar-refractivity contribution is -0.401. The number of carbonyl (C=O) groups is 3. The summed E-state index contributed by atoms with van der Waals surface area (Å²) in [6.07, 6.45) is -0.364. The van der Waals surface area contributed by atoms with Crippen LogP contribution in [0.25, 0.3) is 0 Å². The highest BCUT2D eigenvalue weighted by Gasteiger charge is 2.30. The molecule has 2 amide bonds. The van der Waals surface area contributed by atoms with Crippen LogP contribution >= 0.6 is 0 Å². The molecule has 0 saturated heterocycles. The monoisotopic (exact) mass is 414 g/mol. The Bertz CT molecular complexity index is 835. The minimum atomic E-state index is -1.28. The summed E-state index contributed by atoms with van der Waals surface area (Å²) in [5, 5.41) is 47.9. The van der Waals surface area contributed by atoms with Crippen molar-refractivity contribution in [2.45, 2.75) is 6.42 Å². The number of amides is 2. The van der Waals surface area contributed by atoms with Crippen molar-refractivity contribution < 1.29 is 34.3 Å². The van der Waals surface area contributed by atoms with E-state index in [2.05, 4.69) is 10.6 Å². The van der Waals surface area contributed by atoms with E-state index in [1.165, 1.54) is 0 Å². The number of hydrogen-bond donors (Lipinski definition) is 4. The summed E-state index contributed by atoms with van der Waals surface area (Å²) in [6, 6.07) is 1.09. The number of nitrogens with one attached hydrogen (secondary N) is 3. The molecular formula is C13H14N6O10. The van der Waals surface area contributed by atoms with Gasteiger partial charge in [0.05, 0.1) is 33.4 Å². The second-order valence-electron chi connectivity index (χ2n) is 5.25. The maximum atomic E-state index is 11.7. The summed E-state index contributed by atoms with van der Waals surface area (Å²) in [5.74, 6) is -2.76. The lowest BCUT2D eigenvalue weighted by atomic mass is 10.2. The molecular weight excluding hydrogens is 400 g/mol.